The van der Waals surface area contributed by atoms with Crippen molar-refractivity contribution in [1.82, 2.24) is 10.6 Å². The van der Waals surface area contributed by atoms with E-state index in [1.165, 1.54) is 0 Å². The Morgan fingerprint density at radius 2 is 1.50 bits per heavy atom. The highest BCUT2D eigenvalue weighted by Crippen LogP contribution is 2.36. The van der Waals surface area contributed by atoms with Crippen molar-refractivity contribution in [2.45, 2.75) is 45.4 Å². The van der Waals surface area contributed by atoms with Gasteiger partial charge in [0.15, 0.2) is 0 Å². The van der Waals surface area contributed by atoms with E-state index in [2.05, 4.69) is 10.6 Å². The normalized spacial score (nSPS) is 14.3. The number of carboxylic acid groups (broad SMARTS) is 1. The van der Waals surface area contributed by atoms with Crippen LogP contribution in [0.25, 0.3) is 0 Å². The van der Waals surface area contributed by atoms with Crippen LogP contribution in [0.15, 0.2) is 60.7 Å². The van der Waals surface area contributed by atoms with Gasteiger partial charge in [0.05, 0.1) is 11.6 Å². The summed E-state index contributed by atoms with van der Waals surface area (Å²) in [6, 6.07) is 18.6. The highest BCUT2D eigenvalue weighted by atomic mass is 16.5. The first kappa shape index (κ1) is 23.2. The number of hydrogen-bond donors (Lipinski definition) is 4. The van der Waals surface area contributed by atoms with E-state index in [9.17, 15) is 19.8 Å². The maximum Gasteiger partial charge on any atom is 0.407 e. The molecular formula is C23H30N2O5. The first-order valence-electron chi connectivity index (χ1n) is 9.82. The van der Waals surface area contributed by atoms with Crippen LogP contribution in [0.2, 0.25) is 0 Å². The molecule has 2 rings (SSSR count). The summed E-state index contributed by atoms with van der Waals surface area (Å²) in [5.41, 5.74) is -0.191. The Morgan fingerprint density at radius 3 is 2.00 bits per heavy atom. The van der Waals surface area contributed by atoms with Crippen molar-refractivity contribution in [3.8, 4) is 0 Å². The molecule has 0 aliphatic heterocycles. The van der Waals surface area contributed by atoms with Gasteiger partial charge in [0.25, 0.3) is 0 Å². The van der Waals surface area contributed by atoms with Crippen molar-refractivity contribution in [3.63, 3.8) is 0 Å². The molecule has 0 aliphatic rings. The summed E-state index contributed by atoms with van der Waals surface area (Å²) in [6.07, 6.45) is -2.87. The molecule has 2 atom stereocenters. The lowest BCUT2D eigenvalue weighted by Gasteiger charge is -2.48. The molecule has 7 nitrogen and oxygen atoms in total. The lowest BCUT2D eigenvalue weighted by molar-refractivity contribution is -0.00884. The van der Waals surface area contributed by atoms with Gasteiger partial charge in [0, 0.05) is 6.54 Å². The highest BCUT2D eigenvalue weighted by molar-refractivity contribution is 5.68. The van der Waals surface area contributed by atoms with Crippen molar-refractivity contribution < 1.29 is 24.5 Å². The van der Waals surface area contributed by atoms with Crippen molar-refractivity contribution in [2.24, 2.45) is 5.41 Å². The molecule has 0 saturated carbocycles. The van der Waals surface area contributed by atoms with Crippen molar-refractivity contribution in [1.29, 1.82) is 0 Å². The van der Waals surface area contributed by atoms with Crippen LogP contribution in [-0.2, 0) is 17.8 Å². The van der Waals surface area contributed by atoms with Gasteiger partial charge in [-0.15, -0.1) is 0 Å². The van der Waals surface area contributed by atoms with Crippen LogP contribution in [0.1, 0.15) is 31.9 Å². The van der Waals surface area contributed by atoms with E-state index in [-0.39, 0.29) is 19.6 Å². The Kier molecular flexibility index (Phi) is 7.83. The number of nitrogens with one attached hydrogen (secondary N) is 2. The summed E-state index contributed by atoms with van der Waals surface area (Å²) in [6.45, 7) is 5.48. The number of carbonyl (C=O) groups excluding carboxylic acids is 1. The molecule has 2 amide bonds. The van der Waals surface area contributed by atoms with Crippen LogP contribution in [0.5, 0.6) is 0 Å². The first-order chi connectivity index (χ1) is 14.1. The van der Waals surface area contributed by atoms with Crippen LogP contribution in [-0.4, -0.2) is 40.6 Å². The molecule has 0 radical (unpaired) electrons. The van der Waals surface area contributed by atoms with Crippen LogP contribution < -0.4 is 10.6 Å². The maximum absolute atomic E-state index is 12.1. The fourth-order valence-corrected chi connectivity index (χ4v) is 3.43. The molecule has 2 aromatic rings. The molecule has 7 heteroatoms. The largest absolute Gasteiger partial charge is 0.465 e. The zero-order chi connectivity index (χ0) is 22.2. The van der Waals surface area contributed by atoms with Crippen molar-refractivity contribution in [3.05, 3.63) is 71.8 Å². The molecule has 162 valence electrons. The third kappa shape index (κ3) is 6.22. The highest BCUT2D eigenvalue weighted by Gasteiger charge is 2.49. The van der Waals surface area contributed by atoms with E-state index in [1.807, 2.05) is 81.4 Å². The van der Waals surface area contributed by atoms with Gasteiger partial charge in [0.1, 0.15) is 6.61 Å². The minimum atomic E-state index is -1.24. The molecular weight excluding hydrogens is 384 g/mol. The van der Waals surface area contributed by atoms with E-state index in [1.54, 1.807) is 0 Å². The minimum Gasteiger partial charge on any atom is -0.465 e. The standard InChI is InChI=1S/C23H30N2O5/c1-22(2,3)23(25-20(27)28,14-17-10-6-4-7-11-17)19(26)15-24-21(29)30-16-18-12-8-5-9-13-18/h4-13,19,25-26H,14-16H2,1-3H3,(H,24,29)(H,27,28)/t19-,23-/m1/s1. The molecule has 30 heavy (non-hydrogen) atoms. The summed E-state index contributed by atoms with van der Waals surface area (Å²) < 4.78 is 5.18. The van der Waals surface area contributed by atoms with Gasteiger partial charge in [-0.1, -0.05) is 81.4 Å². The molecule has 0 spiro atoms. The van der Waals surface area contributed by atoms with Crippen LogP contribution in [0.4, 0.5) is 9.59 Å². The van der Waals surface area contributed by atoms with Gasteiger partial charge in [-0.25, -0.2) is 9.59 Å². The predicted molar refractivity (Wildman–Crippen MR) is 114 cm³/mol. The third-order valence-corrected chi connectivity index (χ3v) is 5.22. The molecule has 0 heterocycles. The van der Waals surface area contributed by atoms with Gasteiger partial charge in [-0.3, -0.25) is 0 Å². The second kappa shape index (κ2) is 10.1. The number of amides is 2. The number of aliphatic hydroxyl groups is 1. The van der Waals surface area contributed by atoms with Gasteiger partial charge in [-0.05, 0) is 23.0 Å². The molecule has 0 aromatic heterocycles. The van der Waals surface area contributed by atoms with Gasteiger partial charge >= 0.3 is 12.2 Å². The monoisotopic (exact) mass is 414 g/mol. The lowest BCUT2D eigenvalue weighted by Crippen LogP contribution is -2.67. The summed E-state index contributed by atoms with van der Waals surface area (Å²) in [4.78, 5) is 23.7. The number of hydrogen-bond acceptors (Lipinski definition) is 4. The maximum atomic E-state index is 12.1. The zero-order valence-electron chi connectivity index (χ0n) is 17.6. The van der Waals surface area contributed by atoms with E-state index in [0.717, 1.165) is 11.1 Å². The minimum absolute atomic E-state index is 0.102. The van der Waals surface area contributed by atoms with Crippen molar-refractivity contribution >= 4 is 12.2 Å². The molecule has 0 bridgehead atoms. The second-order valence-corrected chi connectivity index (χ2v) is 8.27. The topological polar surface area (TPSA) is 108 Å². The van der Waals surface area contributed by atoms with Gasteiger partial charge in [-0.2, -0.15) is 0 Å². The molecule has 0 saturated heterocycles. The summed E-state index contributed by atoms with van der Waals surface area (Å²) in [7, 11) is 0. The van der Waals surface area contributed by atoms with E-state index in [0.29, 0.717) is 0 Å². The average molecular weight is 415 g/mol. The molecule has 0 aliphatic carbocycles. The predicted octanol–water partition coefficient (Wildman–Crippen LogP) is 3.57. The average Bonchev–Trinajstić information content (AvgIpc) is 2.70. The fraction of sp³-hybridized carbons (Fsp3) is 0.391. The Labute approximate surface area is 177 Å². The number of alkyl carbamates (subject to hydrolysis) is 1. The SMILES string of the molecule is CC(C)(C)[C@](Cc1ccccc1)(NC(=O)O)[C@H](O)CNC(=O)OCc1ccccc1. The first-order valence-corrected chi connectivity index (χ1v) is 9.82. The van der Waals surface area contributed by atoms with Crippen molar-refractivity contribution in [2.75, 3.05) is 6.54 Å². The lowest BCUT2D eigenvalue weighted by atomic mass is 9.66. The molecule has 4 N–H and O–H groups in total. The molecule has 0 unspecified atom stereocenters. The summed E-state index contributed by atoms with van der Waals surface area (Å²) in [5.74, 6) is 0. The number of aliphatic hydroxyl groups excluding tert-OH is 1. The van der Waals surface area contributed by atoms with Crippen LogP contribution >= 0.6 is 0 Å². The fourth-order valence-electron chi connectivity index (χ4n) is 3.43. The Bertz CT molecular complexity index is 820. The smallest absolute Gasteiger partial charge is 0.407 e. The summed E-state index contributed by atoms with van der Waals surface area (Å²) in [5, 5.41) is 25.6. The molecule has 0 fully saturated rings. The second-order valence-electron chi connectivity index (χ2n) is 8.27. The number of benzene rings is 2. The number of ether oxygens (including phenoxy) is 1. The summed E-state index contributed by atoms with van der Waals surface area (Å²) >= 11 is 0. The number of carbonyl (C=O) groups is 2. The van der Waals surface area contributed by atoms with Gasteiger partial charge in [0.2, 0.25) is 0 Å². The molecule has 2 aromatic carbocycles. The van der Waals surface area contributed by atoms with E-state index in [4.69, 9.17) is 4.74 Å². The Hall–Kier alpha value is -3.06. The Balaban J connectivity index is 2.12. The van der Waals surface area contributed by atoms with Crippen LogP contribution in [0.3, 0.4) is 0 Å². The zero-order valence-corrected chi connectivity index (χ0v) is 17.6. The quantitative estimate of drug-likeness (QED) is 0.528. The van der Waals surface area contributed by atoms with Gasteiger partial charge < -0.3 is 25.6 Å². The van der Waals surface area contributed by atoms with E-state index < -0.39 is 29.2 Å². The van der Waals surface area contributed by atoms with E-state index >= 15 is 0 Å². The number of rotatable bonds is 8. The third-order valence-electron chi connectivity index (χ3n) is 5.22. The Morgan fingerprint density at radius 1 is 0.967 bits per heavy atom. The van der Waals surface area contributed by atoms with Crippen LogP contribution in [0, 0.1) is 5.41 Å².